The van der Waals surface area contributed by atoms with Gasteiger partial charge in [-0.25, -0.2) is 4.98 Å². The topological polar surface area (TPSA) is 22.1 Å². The molecule has 1 aliphatic rings. The number of aromatic nitrogens is 1. The molecule has 0 unspecified atom stereocenters. The van der Waals surface area contributed by atoms with Gasteiger partial charge in [-0.05, 0) is 40.8 Å². The Morgan fingerprint density at radius 2 is 2.07 bits per heavy atom. The van der Waals surface area contributed by atoms with E-state index in [2.05, 4.69) is 20.9 Å². The average Bonchev–Trinajstić information content (AvgIpc) is 2.28. The van der Waals surface area contributed by atoms with Crippen molar-refractivity contribution in [2.45, 2.75) is 32.1 Å². The van der Waals surface area contributed by atoms with Gasteiger partial charge in [0.15, 0.2) is 0 Å². The van der Waals surface area contributed by atoms with Crippen molar-refractivity contribution < 1.29 is 4.74 Å². The van der Waals surface area contributed by atoms with Gasteiger partial charge < -0.3 is 4.74 Å². The summed E-state index contributed by atoms with van der Waals surface area (Å²) >= 11 is 3.34. The number of hydrogen-bond acceptors (Lipinski definition) is 2. The molecule has 2 nitrogen and oxygen atoms in total. The maximum Gasteiger partial charge on any atom is 0.214 e. The second-order valence-electron chi connectivity index (χ2n) is 4.11. The number of halogens is 1. The fourth-order valence-corrected chi connectivity index (χ4v) is 2.35. The van der Waals surface area contributed by atoms with Crippen LogP contribution in [0.1, 0.15) is 32.1 Å². The van der Waals surface area contributed by atoms with Crippen LogP contribution >= 0.6 is 15.9 Å². The fourth-order valence-electron chi connectivity index (χ4n) is 2.03. The largest absolute Gasteiger partial charge is 0.477 e. The lowest BCUT2D eigenvalue weighted by Gasteiger charge is -2.21. The Morgan fingerprint density at radius 1 is 1.27 bits per heavy atom. The molecule has 0 amide bonds. The molecule has 0 radical (unpaired) electrons. The minimum atomic E-state index is 0.731. The van der Waals surface area contributed by atoms with Crippen molar-refractivity contribution in [1.82, 2.24) is 4.98 Å². The Balaban J connectivity index is 1.81. The normalized spacial score (nSPS) is 17.7. The van der Waals surface area contributed by atoms with E-state index in [0.29, 0.717) is 0 Å². The number of nitrogens with zero attached hydrogens (tertiary/aromatic N) is 1. The SMILES string of the molecule is Brc1cccc(OCC2CCCCC2)n1. The van der Waals surface area contributed by atoms with Crippen LogP contribution in [-0.4, -0.2) is 11.6 Å². The zero-order valence-electron chi connectivity index (χ0n) is 8.79. The molecule has 82 valence electrons. The number of hydrogen-bond donors (Lipinski definition) is 0. The van der Waals surface area contributed by atoms with Gasteiger partial charge in [0.1, 0.15) is 4.60 Å². The second-order valence-corrected chi connectivity index (χ2v) is 4.93. The predicted molar refractivity (Wildman–Crippen MR) is 64.0 cm³/mol. The molecule has 1 aromatic rings. The Kier molecular flexibility index (Phi) is 4.01. The molecular weight excluding hydrogens is 254 g/mol. The van der Waals surface area contributed by atoms with Crippen LogP contribution < -0.4 is 4.74 Å². The third-order valence-electron chi connectivity index (χ3n) is 2.88. The van der Waals surface area contributed by atoms with E-state index in [1.165, 1.54) is 32.1 Å². The van der Waals surface area contributed by atoms with Crippen molar-refractivity contribution in [2.75, 3.05) is 6.61 Å². The molecule has 0 saturated heterocycles. The van der Waals surface area contributed by atoms with E-state index in [1.807, 2.05) is 18.2 Å². The van der Waals surface area contributed by atoms with Crippen LogP contribution in [-0.2, 0) is 0 Å². The van der Waals surface area contributed by atoms with E-state index in [-0.39, 0.29) is 0 Å². The highest BCUT2D eigenvalue weighted by atomic mass is 79.9. The summed E-state index contributed by atoms with van der Waals surface area (Å²) in [6.45, 7) is 0.823. The molecule has 0 N–H and O–H groups in total. The van der Waals surface area contributed by atoms with Crippen LogP contribution in [0.25, 0.3) is 0 Å². The summed E-state index contributed by atoms with van der Waals surface area (Å²) < 4.78 is 6.52. The van der Waals surface area contributed by atoms with Crippen LogP contribution in [0, 0.1) is 5.92 Å². The minimum absolute atomic E-state index is 0.731. The van der Waals surface area contributed by atoms with Gasteiger partial charge in [-0.1, -0.05) is 25.3 Å². The van der Waals surface area contributed by atoms with Crippen LogP contribution in [0.5, 0.6) is 5.88 Å². The highest BCUT2D eigenvalue weighted by Crippen LogP contribution is 2.24. The second kappa shape index (κ2) is 5.50. The molecule has 0 bridgehead atoms. The van der Waals surface area contributed by atoms with Gasteiger partial charge in [0, 0.05) is 6.07 Å². The van der Waals surface area contributed by atoms with Gasteiger partial charge in [0.25, 0.3) is 0 Å². The first kappa shape index (κ1) is 10.9. The highest BCUT2D eigenvalue weighted by Gasteiger charge is 2.14. The van der Waals surface area contributed by atoms with Crippen LogP contribution in [0.2, 0.25) is 0 Å². The van der Waals surface area contributed by atoms with Crippen molar-refractivity contribution in [3.63, 3.8) is 0 Å². The van der Waals surface area contributed by atoms with E-state index in [4.69, 9.17) is 4.74 Å². The van der Waals surface area contributed by atoms with Gasteiger partial charge in [-0.3, -0.25) is 0 Å². The lowest BCUT2D eigenvalue weighted by Crippen LogP contribution is -2.15. The Bertz CT molecular complexity index is 310. The molecule has 2 rings (SSSR count). The van der Waals surface area contributed by atoms with Crippen molar-refractivity contribution in [2.24, 2.45) is 5.92 Å². The smallest absolute Gasteiger partial charge is 0.214 e. The monoisotopic (exact) mass is 269 g/mol. The van der Waals surface area contributed by atoms with Gasteiger partial charge in [-0.2, -0.15) is 0 Å². The van der Waals surface area contributed by atoms with Gasteiger partial charge in [0.2, 0.25) is 5.88 Å². The highest BCUT2D eigenvalue weighted by molar-refractivity contribution is 9.10. The van der Waals surface area contributed by atoms with E-state index < -0.39 is 0 Å². The molecule has 1 fully saturated rings. The van der Waals surface area contributed by atoms with E-state index in [1.54, 1.807) is 0 Å². The van der Waals surface area contributed by atoms with E-state index in [9.17, 15) is 0 Å². The Morgan fingerprint density at radius 3 is 2.80 bits per heavy atom. The lowest BCUT2D eigenvalue weighted by atomic mass is 9.90. The molecule has 0 aromatic carbocycles. The van der Waals surface area contributed by atoms with Crippen molar-refractivity contribution in [3.05, 3.63) is 22.8 Å². The molecule has 0 spiro atoms. The molecule has 1 heterocycles. The first-order valence-corrected chi connectivity index (χ1v) is 6.39. The van der Waals surface area contributed by atoms with Crippen molar-refractivity contribution >= 4 is 15.9 Å². The summed E-state index contributed by atoms with van der Waals surface area (Å²) in [6.07, 6.45) is 6.74. The molecule has 1 aromatic heterocycles. The van der Waals surface area contributed by atoms with E-state index in [0.717, 1.165) is 23.0 Å². The summed E-state index contributed by atoms with van der Waals surface area (Å²) in [5, 5.41) is 0. The van der Waals surface area contributed by atoms with Crippen LogP contribution in [0.4, 0.5) is 0 Å². The molecule has 3 heteroatoms. The minimum Gasteiger partial charge on any atom is -0.477 e. The summed E-state index contributed by atoms with van der Waals surface area (Å²) in [7, 11) is 0. The maximum absolute atomic E-state index is 5.69. The third-order valence-corrected chi connectivity index (χ3v) is 3.32. The number of ether oxygens (including phenoxy) is 1. The zero-order valence-corrected chi connectivity index (χ0v) is 10.4. The average molecular weight is 270 g/mol. The van der Waals surface area contributed by atoms with Crippen molar-refractivity contribution in [3.8, 4) is 5.88 Å². The quantitative estimate of drug-likeness (QED) is 0.779. The maximum atomic E-state index is 5.69. The lowest BCUT2D eigenvalue weighted by molar-refractivity contribution is 0.202. The first-order chi connectivity index (χ1) is 7.34. The molecule has 0 atom stereocenters. The first-order valence-electron chi connectivity index (χ1n) is 5.60. The predicted octanol–water partition coefficient (Wildman–Crippen LogP) is 3.80. The summed E-state index contributed by atoms with van der Waals surface area (Å²) in [4.78, 5) is 4.25. The molecule has 15 heavy (non-hydrogen) atoms. The zero-order chi connectivity index (χ0) is 10.5. The Labute approximate surface area is 99.2 Å². The van der Waals surface area contributed by atoms with Gasteiger partial charge >= 0.3 is 0 Å². The fraction of sp³-hybridized carbons (Fsp3) is 0.583. The van der Waals surface area contributed by atoms with Crippen LogP contribution in [0.15, 0.2) is 22.8 Å². The standard InChI is InChI=1S/C12H16BrNO/c13-11-7-4-8-12(14-11)15-9-10-5-2-1-3-6-10/h4,7-8,10H,1-3,5-6,9H2. The molecular formula is C12H16BrNO. The summed E-state index contributed by atoms with van der Waals surface area (Å²) in [6, 6.07) is 5.77. The number of rotatable bonds is 3. The van der Waals surface area contributed by atoms with Gasteiger partial charge in [0.05, 0.1) is 6.61 Å². The Hall–Kier alpha value is -0.570. The third kappa shape index (κ3) is 3.49. The molecule has 1 saturated carbocycles. The van der Waals surface area contributed by atoms with Gasteiger partial charge in [-0.15, -0.1) is 0 Å². The van der Waals surface area contributed by atoms with Crippen molar-refractivity contribution in [1.29, 1.82) is 0 Å². The van der Waals surface area contributed by atoms with Crippen LogP contribution in [0.3, 0.4) is 0 Å². The van der Waals surface area contributed by atoms with E-state index >= 15 is 0 Å². The summed E-state index contributed by atoms with van der Waals surface area (Å²) in [5.41, 5.74) is 0. The summed E-state index contributed by atoms with van der Waals surface area (Å²) in [5.74, 6) is 1.47. The number of pyridine rings is 1. The molecule has 1 aliphatic carbocycles. The molecule has 0 aliphatic heterocycles.